The lowest BCUT2D eigenvalue weighted by atomic mass is 9.84. The summed E-state index contributed by atoms with van der Waals surface area (Å²) in [5, 5.41) is 13.3. The number of aryl methyl sites for hydroxylation is 1. The van der Waals surface area contributed by atoms with E-state index in [2.05, 4.69) is 170 Å². The Balaban J connectivity index is 0.979. The molecule has 54 heavy (non-hydrogen) atoms. The van der Waals surface area contributed by atoms with E-state index in [0.29, 0.717) is 0 Å². The zero-order chi connectivity index (χ0) is 35.3. The maximum atomic E-state index is 2.44. The zero-order valence-corrected chi connectivity index (χ0v) is 31.0. The fraction of sp³-hybridized carbons (Fsp3) is 0.0385. The number of fused-ring (bicyclic) bond motifs is 11. The van der Waals surface area contributed by atoms with Crippen LogP contribution in [-0.4, -0.2) is 0 Å². The maximum absolute atomic E-state index is 2.44. The van der Waals surface area contributed by atoms with Gasteiger partial charge in [0.1, 0.15) is 0 Å². The molecule has 0 amide bonds. The Hall–Kier alpha value is -6.06. The topological polar surface area (TPSA) is 0 Å². The SMILES string of the molecule is C1=Cc2ccc(-c3c4ccccc4c(-c4ccc(-c5ccc6sc7cc8c(ccc9sc%10ccccc%10c98)cc7c6c5)cc4)c4ccccc34)cc2CC1. The van der Waals surface area contributed by atoms with Gasteiger partial charge in [-0.25, -0.2) is 0 Å². The quantitative estimate of drug-likeness (QED) is 0.159. The lowest BCUT2D eigenvalue weighted by Crippen LogP contribution is -1.96. The van der Waals surface area contributed by atoms with Crippen molar-refractivity contribution in [1.82, 2.24) is 0 Å². The standard InChI is InChI=1S/C52H32S2/c1-2-10-34-27-37(22-19-31(34)9-1)51-40-13-5-3-11-38(40)50(39-12-4-6-14-41(39)51)33-20-17-32(18-21-33)35-23-25-47-44(28-35)45-29-36-24-26-48-52(43(36)30-49(45)54-47)42-15-7-8-16-46(42)53-48/h1,3-9,11-30H,2,10H2. The number of hydrogen-bond acceptors (Lipinski definition) is 2. The molecule has 252 valence electrons. The summed E-state index contributed by atoms with van der Waals surface area (Å²) in [6.45, 7) is 0. The molecule has 0 saturated heterocycles. The molecule has 1 aliphatic rings. The summed E-state index contributed by atoms with van der Waals surface area (Å²) >= 11 is 3.80. The average molecular weight is 721 g/mol. The highest BCUT2D eigenvalue weighted by Gasteiger charge is 2.18. The van der Waals surface area contributed by atoms with Crippen LogP contribution in [0, 0.1) is 0 Å². The fourth-order valence-electron chi connectivity index (χ4n) is 9.17. The van der Waals surface area contributed by atoms with Crippen LogP contribution in [-0.2, 0) is 6.42 Å². The largest absolute Gasteiger partial charge is 0.135 e. The first-order chi connectivity index (χ1) is 26.7. The van der Waals surface area contributed by atoms with Crippen LogP contribution in [0.1, 0.15) is 17.5 Å². The highest BCUT2D eigenvalue weighted by Crippen LogP contribution is 2.46. The molecule has 11 aromatic rings. The summed E-state index contributed by atoms with van der Waals surface area (Å²) in [7, 11) is 0. The molecule has 9 aromatic carbocycles. The van der Waals surface area contributed by atoms with Crippen LogP contribution in [0.5, 0.6) is 0 Å². The number of thiophene rings is 2. The molecule has 2 heteroatoms. The van der Waals surface area contributed by atoms with Crippen LogP contribution in [0.15, 0.2) is 164 Å². The second-order valence-electron chi connectivity index (χ2n) is 14.7. The Morgan fingerprint density at radius 1 is 0.370 bits per heavy atom. The van der Waals surface area contributed by atoms with Crippen molar-refractivity contribution in [3.63, 3.8) is 0 Å². The van der Waals surface area contributed by atoms with Crippen molar-refractivity contribution in [2.75, 3.05) is 0 Å². The molecule has 0 N–H and O–H groups in total. The summed E-state index contributed by atoms with van der Waals surface area (Å²) in [4.78, 5) is 0. The lowest BCUT2D eigenvalue weighted by molar-refractivity contribution is 0.986. The number of rotatable bonds is 3. The van der Waals surface area contributed by atoms with Crippen molar-refractivity contribution in [2.24, 2.45) is 0 Å². The van der Waals surface area contributed by atoms with Crippen molar-refractivity contribution < 1.29 is 0 Å². The molecular weight excluding hydrogens is 689 g/mol. The minimum Gasteiger partial charge on any atom is -0.135 e. The van der Waals surface area contributed by atoms with Crippen LogP contribution < -0.4 is 0 Å². The molecule has 0 fully saturated rings. The molecule has 2 heterocycles. The molecule has 12 rings (SSSR count). The molecule has 0 bridgehead atoms. The molecule has 0 saturated carbocycles. The average Bonchev–Trinajstić information content (AvgIpc) is 3.79. The molecule has 0 nitrogen and oxygen atoms in total. The van der Waals surface area contributed by atoms with Crippen molar-refractivity contribution in [3.05, 3.63) is 175 Å². The number of benzene rings is 9. The Morgan fingerprint density at radius 3 is 1.74 bits per heavy atom. The van der Waals surface area contributed by atoms with E-state index >= 15 is 0 Å². The van der Waals surface area contributed by atoms with Crippen LogP contribution in [0.3, 0.4) is 0 Å². The highest BCUT2D eigenvalue weighted by molar-refractivity contribution is 7.26. The molecule has 0 radical (unpaired) electrons. The van der Waals surface area contributed by atoms with Gasteiger partial charge in [0.05, 0.1) is 0 Å². The number of hydrogen-bond donors (Lipinski definition) is 0. The lowest BCUT2D eigenvalue weighted by Gasteiger charge is -2.19. The first-order valence-electron chi connectivity index (χ1n) is 18.8. The van der Waals surface area contributed by atoms with E-state index in [9.17, 15) is 0 Å². The highest BCUT2D eigenvalue weighted by atomic mass is 32.1. The summed E-state index contributed by atoms with van der Waals surface area (Å²) in [5.41, 5.74) is 10.5. The normalized spacial score (nSPS) is 13.0. The van der Waals surface area contributed by atoms with Gasteiger partial charge in [0.15, 0.2) is 0 Å². The van der Waals surface area contributed by atoms with Crippen LogP contribution in [0.25, 0.3) is 112 Å². The van der Waals surface area contributed by atoms with Crippen LogP contribution in [0.4, 0.5) is 0 Å². The molecular formula is C52H32S2. The third-order valence-corrected chi connectivity index (χ3v) is 14.0. The van der Waals surface area contributed by atoms with Gasteiger partial charge in [-0.2, -0.15) is 0 Å². The van der Waals surface area contributed by atoms with E-state index in [4.69, 9.17) is 0 Å². The minimum atomic E-state index is 1.10. The number of allylic oxidation sites excluding steroid dienone is 1. The molecule has 1 aliphatic carbocycles. The van der Waals surface area contributed by atoms with Crippen molar-refractivity contribution in [2.45, 2.75) is 12.8 Å². The second-order valence-corrected chi connectivity index (χ2v) is 16.9. The maximum Gasteiger partial charge on any atom is 0.0362 e. The van der Waals surface area contributed by atoms with Gasteiger partial charge in [-0.3, -0.25) is 0 Å². The Morgan fingerprint density at radius 2 is 0.963 bits per heavy atom. The smallest absolute Gasteiger partial charge is 0.0362 e. The summed E-state index contributed by atoms with van der Waals surface area (Å²) in [5.74, 6) is 0. The van der Waals surface area contributed by atoms with E-state index in [1.807, 2.05) is 22.7 Å². The minimum absolute atomic E-state index is 1.10. The third-order valence-electron chi connectivity index (χ3n) is 11.7. The first-order valence-corrected chi connectivity index (χ1v) is 20.4. The summed E-state index contributed by atoms with van der Waals surface area (Å²) in [6.07, 6.45) is 6.78. The Labute approximate surface area is 320 Å². The van der Waals surface area contributed by atoms with Gasteiger partial charge in [-0.1, -0.05) is 133 Å². The van der Waals surface area contributed by atoms with Crippen molar-refractivity contribution >= 4 is 101 Å². The van der Waals surface area contributed by atoms with E-state index in [0.717, 1.165) is 12.8 Å². The third kappa shape index (κ3) is 4.54. The first kappa shape index (κ1) is 30.4. The predicted octanol–water partition coefficient (Wildman–Crippen LogP) is 15.8. The Kier molecular flexibility index (Phi) is 6.60. The van der Waals surface area contributed by atoms with Gasteiger partial charge in [-0.15, -0.1) is 22.7 Å². The zero-order valence-electron chi connectivity index (χ0n) is 29.4. The van der Waals surface area contributed by atoms with Gasteiger partial charge in [0, 0.05) is 40.3 Å². The predicted molar refractivity (Wildman–Crippen MR) is 238 cm³/mol. The molecule has 0 unspecified atom stereocenters. The monoisotopic (exact) mass is 720 g/mol. The van der Waals surface area contributed by atoms with Crippen LogP contribution in [0.2, 0.25) is 0 Å². The molecule has 0 aliphatic heterocycles. The van der Waals surface area contributed by atoms with Gasteiger partial charge in [-0.05, 0) is 126 Å². The van der Waals surface area contributed by atoms with Crippen molar-refractivity contribution in [1.29, 1.82) is 0 Å². The van der Waals surface area contributed by atoms with E-state index < -0.39 is 0 Å². The van der Waals surface area contributed by atoms with E-state index in [-0.39, 0.29) is 0 Å². The Bertz CT molecular complexity index is 3310. The van der Waals surface area contributed by atoms with Gasteiger partial charge >= 0.3 is 0 Å². The summed E-state index contributed by atoms with van der Waals surface area (Å²) < 4.78 is 5.40. The van der Waals surface area contributed by atoms with Gasteiger partial charge in [0.2, 0.25) is 0 Å². The molecule has 2 aromatic heterocycles. The molecule has 0 atom stereocenters. The van der Waals surface area contributed by atoms with E-state index in [1.165, 1.54) is 117 Å². The van der Waals surface area contributed by atoms with Gasteiger partial charge in [0.25, 0.3) is 0 Å². The van der Waals surface area contributed by atoms with Gasteiger partial charge < -0.3 is 0 Å². The summed E-state index contributed by atoms with van der Waals surface area (Å²) in [6, 6.07) is 59.6. The van der Waals surface area contributed by atoms with Crippen LogP contribution >= 0.6 is 22.7 Å². The molecule has 0 spiro atoms. The fourth-order valence-corrected chi connectivity index (χ4v) is 11.4. The second kappa shape index (κ2) is 11.7. The van der Waals surface area contributed by atoms with E-state index in [1.54, 1.807) is 0 Å². The van der Waals surface area contributed by atoms with Crippen molar-refractivity contribution in [3.8, 4) is 33.4 Å².